The molecular formula is C26H30N6O. The Balaban J connectivity index is 1.52. The molecule has 2 aromatic heterocycles. The molecule has 1 fully saturated rings. The van der Waals surface area contributed by atoms with Gasteiger partial charge in [0.05, 0.1) is 23.3 Å². The molecule has 170 valence electrons. The number of fused-ring (bicyclic) bond motifs is 1. The van der Waals surface area contributed by atoms with Crippen LogP contribution in [0.25, 0.3) is 11.3 Å². The van der Waals surface area contributed by atoms with Crippen molar-refractivity contribution in [2.75, 3.05) is 46.7 Å². The summed E-state index contributed by atoms with van der Waals surface area (Å²) in [7, 11) is 2.06. The van der Waals surface area contributed by atoms with Crippen LogP contribution in [0.3, 0.4) is 0 Å². The molecule has 0 bridgehead atoms. The number of nitrogens with zero attached hydrogens (tertiary/aromatic N) is 5. The summed E-state index contributed by atoms with van der Waals surface area (Å²) in [5, 5.41) is 2.99. The van der Waals surface area contributed by atoms with Crippen LogP contribution in [0.5, 0.6) is 0 Å². The third-order valence-electron chi connectivity index (χ3n) is 6.56. The van der Waals surface area contributed by atoms with Gasteiger partial charge in [-0.3, -0.25) is 9.88 Å². The largest absolute Gasteiger partial charge is 0.372 e. The van der Waals surface area contributed by atoms with Crippen LogP contribution < -0.4 is 20.0 Å². The number of anilines is 4. The Bertz CT molecular complexity index is 1130. The van der Waals surface area contributed by atoms with Crippen LogP contribution in [-0.2, 0) is 0 Å². The van der Waals surface area contributed by atoms with Gasteiger partial charge >= 0.3 is 6.03 Å². The van der Waals surface area contributed by atoms with Gasteiger partial charge in [0.15, 0.2) is 5.82 Å². The van der Waals surface area contributed by atoms with Crippen LogP contribution in [0.1, 0.15) is 26.2 Å². The molecule has 2 amide bonds. The molecule has 7 nitrogen and oxygen atoms in total. The zero-order valence-corrected chi connectivity index (χ0v) is 19.2. The molecule has 0 unspecified atom stereocenters. The normalized spacial score (nSPS) is 18.1. The van der Waals surface area contributed by atoms with E-state index in [-0.39, 0.29) is 12.1 Å². The van der Waals surface area contributed by atoms with Gasteiger partial charge in [-0.2, -0.15) is 0 Å². The van der Waals surface area contributed by atoms with Gasteiger partial charge < -0.3 is 15.1 Å². The highest BCUT2D eigenvalue weighted by Crippen LogP contribution is 2.36. The maximum absolute atomic E-state index is 13.4. The van der Waals surface area contributed by atoms with E-state index in [4.69, 9.17) is 4.98 Å². The summed E-state index contributed by atoms with van der Waals surface area (Å²) in [4.78, 5) is 29.0. The first-order chi connectivity index (χ1) is 16.1. The smallest absolute Gasteiger partial charge is 0.327 e. The Hall–Kier alpha value is -3.61. The lowest BCUT2D eigenvalue weighted by molar-refractivity contribution is 0.255. The third-order valence-corrected chi connectivity index (χ3v) is 6.56. The fourth-order valence-electron chi connectivity index (χ4n) is 4.67. The lowest BCUT2D eigenvalue weighted by Gasteiger charge is -2.28. The quantitative estimate of drug-likeness (QED) is 0.618. The van der Waals surface area contributed by atoms with E-state index in [1.165, 1.54) is 18.5 Å². The predicted molar refractivity (Wildman–Crippen MR) is 134 cm³/mol. The van der Waals surface area contributed by atoms with Crippen molar-refractivity contribution in [3.8, 4) is 11.3 Å². The summed E-state index contributed by atoms with van der Waals surface area (Å²) in [6.07, 6.45) is 6.69. The van der Waals surface area contributed by atoms with Crippen LogP contribution >= 0.6 is 0 Å². The summed E-state index contributed by atoms with van der Waals surface area (Å²) in [5.74, 6) is 0.688. The number of urea groups is 1. The van der Waals surface area contributed by atoms with Gasteiger partial charge in [-0.05, 0) is 62.6 Å². The lowest BCUT2D eigenvalue weighted by atomic mass is 10.1. The van der Waals surface area contributed by atoms with Crippen LogP contribution in [0, 0.1) is 0 Å². The van der Waals surface area contributed by atoms with Crippen molar-refractivity contribution in [2.24, 2.45) is 0 Å². The summed E-state index contributed by atoms with van der Waals surface area (Å²) in [6, 6.07) is 16.2. The average Bonchev–Trinajstić information content (AvgIpc) is 3.35. The van der Waals surface area contributed by atoms with E-state index in [0.29, 0.717) is 11.5 Å². The Morgan fingerprint density at radius 1 is 1.06 bits per heavy atom. The Kier molecular flexibility index (Phi) is 5.86. The molecule has 1 atom stereocenters. The standard InChI is InChI=1S/C26H30N6O/c1-19-12-16-30(2)24-11-10-23(20-7-5-9-22(17-20)31-14-3-4-15-31)29-25(24)32(19)26(33)28-21-8-6-13-27-18-21/h5-11,13,17-19H,3-4,12,14-16H2,1-2H3,(H,28,33)/t19-/m1/s1. The number of benzene rings is 1. The topological polar surface area (TPSA) is 64.6 Å². The Morgan fingerprint density at radius 2 is 1.91 bits per heavy atom. The fraction of sp³-hybridized carbons (Fsp3) is 0.346. The van der Waals surface area contributed by atoms with E-state index in [2.05, 4.69) is 70.5 Å². The minimum absolute atomic E-state index is 0.00376. The fourth-order valence-corrected chi connectivity index (χ4v) is 4.67. The number of carbonyl (C=O) groups excluding carboxylic acids is 1. The zero-order chi connectivity index (χ0) is 22.8. The molecule has 0 aliphatic carbocycles. The molecule has 1 aromatic carbocycles. The number of pyridine rings is 2. The van der Waals surface area contributed by atoms with Gasteiger partial charge in [-0.1, -0.05) is 12.1 Å². The second-order valence-corrected chi connectivity index (χ2v) is 8.88. The maximum Gasteiger partial charge on any atom is 0.327 e. The molecule has 7 heteroatoms. The van der Waals surface area contributed by atoms with Gasteiger partial charge in [0, 0.05) is 50.2 Å². The SMILES string of the molecule is C[C@@H]1CCN(C)c2ccc(-c3cccc(N4CCCC4)c3)nc2N1C(=O)Nc1cccnc1. The van der Waals surface area contributed by atoms with Crippen molar-refractivity contribution in [3.63, 3.8) is 0 Å². The maximum atomic E-state index is 13.4. The van der Waals surface area contributed by atoms with Gasteiger partial charge in [0.2, 0.25) is 0 Å². The van der Waals surface area contributed by atoms with E-state index in [9.17, 15) is 4.79 Å². The highest BCUT2D eigenvalue weighted by Gasteiger charge is 2.30. The number of rotatable bonds is 3. The van der Waals surface area contributed by atoms with Crippen LogP contribution in [0.2, 0.25) is 0 Å². The lowest BCUT2D eigenvalue weighted by Crippen LogP contribution is -2.42. The molecule has 1 saturated heterocycles. The Morgan fingerprint density at radius 3 is 2.70 bits per heavy atom. The van der Waals surface area contributed by atoms with Gasteiger partial charge in [0.25, 0.3) is 0 Å². The number of hydrogen-bond acceptors (Lipinski definition) is 5. The predicted octanol–water partition coefficient (Wildman–Crippen LogP) is 5.01. The van der Waals surface area contributed by atoms with Crippen molar-refractivity contribution >= 4 is 28.9 Å². The second-order valence-electron chi connectivity index (χ2n) is 8.88. The van der Waals surface area contributed by atoms with Crippen molar-refractivity contribution in [1.82, 2.24) is 9.97 Å². The second kappa shape index (κ2) is 9.10. The molecule has 2 aliphatic heterocycles. The first kappa shape index (κ1) is 21.2. The number of amides is 2. The number of hydrogen-bond donors (Lipinski definition) is 1. The Labute approximate surface area is 195 Å². The molecule has 4 heterocycles. The molecule has 33 heavy (non-hydrogen) atoms. The molecule has 3 aromatic rings. The van der Waals surface area contributed by atoms with Crippen molar-refractivity contribution in [2.45, 2.75) is 32.2 Å². The summed E-state index contributed by atoms with van der Waals surface area (Å²) < 4.78 is 0. The van der Waals surface area contributed by atoms with E-state index >= 15 is 0 Å². The average molecular weight is 443 g/mol. The number of aromatic nitrogens is 2. The first-order valence-electron chi connectivity index (χ1n) is 11.7. The molecular weight excluding hydrogens is 412 g/mol. The van der Waals surface area contributed by atoms with E-state index in [0.717, 1.165) is 43.0 Å². The molecule has 2 aliphatic rings. The summed E-state index contributed by atoms with van der Waals surface area (Å²) >= 11 is 0. The molecule has 0 radical (unpaired) electrons. The van der Waals surface area contributed by atoms with E-state index in [1.54, 1.807) is 17.3 Å². The first-order valence-corrected chi connectivity index (χ1v) is 11.7. The minimum atomic E-state index is -0.192. The number of nitrogens with one attached hydrogen (secondary N) is 1. The summed E-state index contributed by atoms with van der Waals surface area (Å²) in [6.45, 7) is 5.14. The van der Waals surface area contributed by atoms with Gasteiger partial charge in [0.1, 0.15) is 0 Å². The third kappa shape index (κ3) is 4.35. The number of carbonyl (C=O) groups is 1. The highest BCUT2D eigenvalue weighted by molar-refractivity contribution is 6.03. The van der Waals surface area contributed by atoms with Crippen LogP contribution in [0.4, 0.5) is 27.7 Å². The molecule has 1 N–H and O–H groups in total. The van der Waals surface area contributed by atoms with E-state index in [1.807, 2.05) is 12.1 Å². The highest BCUT2D eigenvalue weighted by atomic mass is 16.2. The van der Waals surface area contributed by atoms with Crippen molar-refractivity contribution < 1.29 is 4.79 Å². The molecule has 0 saturated carbocycles. The summed E-state index contributed by atoms with van der Waals surface area (Å²) in [5.41, 5.74) is 4.80. The molecule has 5 rings (SSSR count). The van der Waals surface area contributed by atoms with Crippen LogP contribution in [0.15, 0.2) is 60.9 Å². The van der Waals surface area contributed by atoms with Crippen molar-refractivity contribution in [3.05, 3.63) is 60.9 Å². The van der Waals surface area contributed by atoms with Gasteiger partial charge in [-0.15, -0.1) is 0 Å². The van der Waals surface area contributed by atoms with Gasteiger partial charge in [-0.25, -0.2) is 9.78 Å². The zero-order valence-electron chi connectivity index (χ0n) is 19.2. The monoisotopic (exact) mass is 442 g/mol. The molecule has 0 spiro atoms. The van der Waals surface area contributed by atoms with Crippen LogP contribution in [-0.4, -0.2) is 48.7 Å². The van der Waals surface area contributed by atoms with E-state index < -0.39 is 0 Å². The van der Waals surface area contributed by atoms with Crippen molar-refractivity contribution in [1.29, 1.82) is 0 Å². The minimum Gasteiger partial charge on any atom is -0.372 e.